The van der Waals surface area contributed by atoms with Gasteiger partial charge in [0.1, 0.15) is 11.9 Å². The molecule has 2 rings (SSSR count). The van der Waals surface area contributed by atoms with E-state index in [1.807, 2.05) is 24.3 Å². The van der Waals surface area contributed by atoms with Crippen LogP contribution in [0.15, 0.2) is 24.3 Å². The number of nitrogen functional groups attached to an aromatic ring is 1. The number of hydrogen-bond donors (Lipinski definition) is 1. The van der Waals surface area contributed by atoms with Crippen molar-refractivity contribution in [3.63, 3.8) is 0 Å². The van der Waals surface area contributed by atoms with Crippen LogP contribution in [0.4, 0.5) is 5.69 Å². The molecule has 0 aliphatic heterocycles. The number of ether oxygens (including phenoxy) is 1. The van der Waals surface area contributed by atoms with Crippen molar-refractivity contribution in [3.05, 3.63) is 24.3 Å². The molecule has 2 N–H and O–H groups in total. The van der Waals surface area contributed by atoms with Crippen molar-refractivity contribution >= 4 is 5.69 Å². The van der Waals surface area contributed by atoms with Crippen LogP contribution in [0.5, 0.6) is 5.75 Å². The number of para-hydroxylation sites is 2. The molecule has 100 valence electrons. The molecule has 0 amide bonds. The quantitative estimate of drug-likeness (QED) is 0.816. The van der Waals surface area contributed by atoms with Crippen molar-refractivity contribution in [1.82, 2.24) is 0 Å². The van der Waals surface area contributed by atoms with E-state index < -0.39 is 0 Å². The van der Waals surface area contributed by atoms with Gasteiger partial charge in [-0.05, 0) is 42.7 Å². The average molecular weight is 247 g/mol. The van der Waals surface area contributed by atoms with Crippen molar-refractivity contribution in [3.8, 4) is 5.75 Å². The predicted octanol–water partition coefficient (Wildman–Crippen LogP) is 4.11. The number of anilines is 1. The molecule has 0 bridgehead atoms. The summed E-state index contributed by atoms with van der Waals surface area (Å²) in [4.78, 5) is 0. The first-order valence-electron chi connectivity index (χ1n) is 7.09. The molecule has 2 heteroatoms. The summed E-state index contributed by atoms with van der Waals surface area (Å²) in [5.74, 6) is 2.94. The van der Waals surface area contributed by atoms with Crippen molar-refractivity contribution in [2.45, 2.75) is 46.1 Å². The molecule has 1 fully saturated rings. The van der Waals surface area contributed by atoms with E-state index in [-0.39, 0.29) is 0 Å². The molecule has 0 aromatic heterocycles. The SMILES string of the molecule is CC1CCC(C(C)C)C(Oc2ccccc2N)C1. The average Bonchev–Trinajstić information content (AvgIpc) is 2.32. The zero-order chi connectivity index (χ0) is 13.1. The Kier molecular flexibility index (Phi) is 4.15. The van der Waals surface area contributed by atoms with E-state index in [1.165, 1.54) is 12.8 Å². The lowest BCUT2D eigenvalue weighted by Crippen LogP contribution is -2.36. The van der Waals surface area contributed by atoms with Crippen molar-refractivity contribution in [2.24, 2.45) is 17.8 Å². The van der Waals surface area contributed by atoms with Crippen LogP contribution in [0.2, 0.25) is 0 Å². The Hall–Kier alpha value is -1.18. The lowest BCUT2D eigenvalue weighted by atomic mass is 9.75. The summed E-state index contributed by atoms with van der Waals surface area (Å²) in [6, 6.07) is 7.83. The molecule has 1 aliphatic carbocycles. The minimum atomic E-state index is 0.318. The van der Waals surface area contributed by atoms with Crippen LogP contribution in [0.25, 0.3) is 0 Å². The maximum Gasteiger partial charge on any atom is 0.142 e. The molecule has 3 atom stereocenters. The third-order valence-electron chi connectivity index (χ3n) is 4.16. The van der Waals surface area contributed by atoms with Gasteiger partial charge in [0.2, 0.25) is 0 Å². The highest BCUT2D eigenvalue weighted by Crippen LogP contribution is 2.36. The second kappa shape index (κ2) is 5.64. The number of benzene rings is 1. The Morgan fingerprint density at radius 2 is 1.94 bits per heavy atom. The fourth-order valence-electron chi connectivity index (χ4n) is 3.00. The van der Waals surface area contributed by atoms with E-state index in [1.54, 1.807) is 0 Å². The highest BCUT2D eigenvalue weighted by molar-refractivity contribution is 5.51. The molecule has 0 saturated heterocycles. The summed E-state index contributed by atoms with van der Waals surface area (Å²) in [7, 11) is 0. The zero-order valence-electron chi connectivity index (χ0n) is 11.7. The smallest absolute Gasteiger partial charge is 0.142 e. The van der Waals surface area contributed by atoms with E-state index in [4.69, 9.17) is 10.5 Å². The van der Waals surface area contributed by atoms with Gasteiger partial charge in [-0.2, -0.15) is 0 Å². The Morgan fingerprint density at radius 1 is 1.22 bits per heavy atom. The van der Waals surface area contributed by atoms with E-state index in [2.05, 4.69) is 20.8 Å². The molecule has 3 unspecified atom stereocenters. The minimum absolute atomic E-state index is 0.318. The van der Waals surface area contributed by atoms with Crippen LogP contribution in [0.3, 0.4) is 0 Å². The van der Waals surface area contributed by atoms with Gasteiger partial charge in [-0.15, -0.1) is 0 Å². The Bertz CT molecular complexity index is 388. The van der Waals surface area contributed by atoms with Gasteiger partial charge in [0.15, 0.2) is 0 Å². The first-order chi connectivity index (χ1) is 8.58. The van der Waals surface area contributed by atoms with E-state index in [0.29, 0.717) is 17.9 Å². The normalized spacial score (nSPS) is 28.3. The van der Waals surface area contributed by atoms with Crippen molar-refractivity contribution < 1.29 is 4.74 Å². The van der Waals surface area contributed by atoms with Gasteiger partial charge < -0.3 is 10.5 Å². The highest BCUT2D eigenvalue weighted by atomic mass is 16.5. The van der Waals surface area contributed by atoms with Crippen LogP contribution < -0.4 is 10.5 Å². The second-order valence-electron chi connectivity index (χ2n) is 6.02. The Balaban J connectivity index is 2.11. The summed E-state index contributed by atoms with van der Waals surface area (Å²) in [5, 5.41) is 0. The first kappa shape index (κ1) is 13.3. The van der Waals surface area contributed by atoms with Crippen LogP contribution in [0, 0.1) is 17.8 Å². The van der Waals surface area contributed by atoms with Crippen LogP contribution >= 0.6 is 0 Å². The lowest BCUT2D eigenvalue weighted by Gasteiger charge is -2.37. The van der Waals surface area contributed by atoms with E-state index in [0.717, 1.165) is 23.8 Å². The summed E-state index contributed by atoms with van der Waals surface area (Å²) in [6.45, 7) is 6.91. The highest BCUT2D eigenvalue weighted by Gasteiger charge is 2.32. The largest absolute Gasteiger partial charge is 0.488 e. The Labute approximate surface area is 111 Å². The third-order valence-corrected chi connectivity index (χ3v) is 4.16. The van der Waals surface area contributed by atoms with Gasteiger partial charge in [-0.25, -0.2) is 0 Å². The molecule has 1 aromatic rings. The zero-order valence-corrected chi connectivity index (χ0v) is 11.7. The maximum absolute atomic E-state index is 6.21. The summed E-state index contributed by atoms with van der Waals surface area (Å²) in [5.41, 5.74) is 6.72. The molecule has 1 saturated carbocycles. The predicted molar refractivity (Wildman–Crippen MR) is 76.6 cm³/mol. The second-order valence-corrected chi connectivity index (χ2v) is 6.02. The fraction of sp³-hybridized carbons (Fsp3) is 0.625. The number of rotatable bonds is 3. The van der Waals surface area contributed by atoms with E-state index >= 15 is 0 Å². The summed E-state index contributed by atoms with van der Waals surface area (Å²) < 4.78 is 6.21. The minimum Gasteiger partial charge on any atom is -0.488 e. The standard InChI is InChI=1S/C16H25NO/c1-11(2)13-9-8-12(3)10-16(13)18-15-7-5-4-6-14(15)17/h4-7,11-13,16H,8-10,17H2,1-3H3. The molecule has 1 aromatic carbocycles. The molecular formula is C16H25NO. The van der Waals surface area contributed by atoms with Gasteiger partial charge in [0.05, 0.1) is 5.69 Å². The van der Waals surface area contributed by atoms with Gasteiger partial charge in [0.25, 0.3) is 0 Å². The van der Waals surface area contributed by atoms with Crippen LogP contribution in [-0.2, 0) is 0 Å². The van der Waals surface area contributed by atoms with Gasteiger partial charge >= 0.3 is 0 Å². The van der Waals surface area contributed by atoms with E-state index in [9.17, 15) is 0 Å². The first-order valence-corrected chi connectivity index (χ1v) is 7.09. The molecule has 18 heavy (non-hydrogen) atoms. The fourth-order valence-corrected chi connectivity index (χ4v) is 3.00. The number of hydrogen-bond acceptors (Lipinski definition) is 2. The topological polar surface area (TPSA) is 35.2 Å². The molecule has 1 aliphatic rings. The van der Waals surface area contributed by atoms with Crippen LogP contribution in [0.1, 0.15) is 40.0 Å². The van der Waals surface area contributed by atoms with Crippen LogP contribution in [-0.4, -0.2) is 6.10 Å². The maximum atomic E-state index is 6.21. The molecular weight excluding hydrogens is 222 g/mol. The third kappa shape index (κ3) is 2.98. The van der Waals surface area contributed by atoms with Gasteiger partial charge in [0, 0.05) is 0 Å². The Morgan fingerprint density at radius 3 is 2.61 bits per heavy atom. The van der Waals surface area contributed by atoms with Crippen molar-refractivity contribution in [1.29, 1.82) is 0 Å². The number of nitrogens with two attached hydrogens (primary N) is 1. The van der Waals surface area contributed by atoms with Gasteiger partial charge in [-0.1, -0.05) is 39.3 Å². The molecule has 0 radical (unpaired) electrons. The molecule has 2 nitrogen and oxygen atoms in total. The summed E-state index contributed by atoms with van der Waals surface area (Å²) >= 11 is 0. The van der Waals surface area contributed by atoms with Crippen molar-refractivity contribution in [2.75, 3.05) is 5.73 Å². The molecule has 0 spiro atoms. The summed E-state index contributed by atoms with van der Waals surface area (Å²) in [6.07, 6.45) is 4.07. The lowest BCUT2D eigenvalue weighted by molar-refractivity contribution is 0.0466. The monoisotopic (exact) mass is 247 g/mol. The van der Waals surface area contributed by atoms with Gasteiger partial charge in [-0.3, -0.25) is 0 Å². The molecule has 0 heterocycles.